The lowest BCUT2D eigenvalue weighted by molar-refractivity contribution is -0.0218. The van der Waals surface area contributed by atoms with Crippen molar-refractivity contribution in [2.75, 3.05) is 79.2 Å². The molecule has 18 aliphatic rings. The molecular weight excluding hydrogens is 1250 g/mol. The summed E-state index contributed by atoms with van der Waals surface area (Å²) in [6, 6.07) is 12.9. The van der Waals surface area contributed by atoms with Crippen molar-refractivity contribution < 1.29 is 41.7 Å². The molecule has 99 heavy (non-hydrogen) atoms. The Morgan fingerprint density at radius 2 is 0.949 bits per heavy atom. The fourth-order valence-corrected chi connectivity index (χ4v) is 24.6. The molecule has 5 saturated heterocycles. The predicted molar refractivity (Wildman–Crippen MR) is 397 cm³/mol. The smallest absolute Gasteiger partial charge is 0.327 e. The van der Waals surface area contributed by atoms with Crippen LogP contribution in [-0.2, 0) is 61.6 Å². The van der Waals surface area contributed by atoms with Gasteiger partial charge in [0.1, 0.15) is 11.5 Å². The van der Waals surface area contributed by atoms with Gasteiger partial charge >= 0.3 is 7.60 Å². The van der Waals surface area contributed by atoms with Crippen LogP contribution >= 0.6 is 7.60 Å². The number of benzene rings is 1. The van der Waals surface area contributed by atoms with Crippen molar-refractivity contribution in [3.05, 3.63) is 77.3 Å². The summed E-state index contributed by atoms with van der Waals surface area (Å²) in [6.45, 7) is 53.8. The maximum atomic E-state index is 11.3. The first-order valence-corrected chi connectivity index (χ1v) is 42.7. The quantitative estimate of drug-likeness (QED) is 0.215. The minimum atomic E-state index is -2.68. The summed E-state index contributed by atoms with van der Waals surface area (Å²) in [4.78, 5) is 8.87. The summed E-state index contributed by atoms with van der Waals surface area (Å²) in [5.74, 6) is 17.7. The highest BCUT2D eigenvalue weighted by atomic mass is 31.2. The van der Waals surface area contributed by atoms with Crippen LogP contribution in [0.1, 0.15) is 236 Å². The van der Waals surface area contributed by atoms with Gasteiger partial charge in [-0.1, -0.05) is 155 Å². The van der Waals surface area contributed by atoms with Crippen LogP contribution in [0.25, 0.3) is 0 Å². The Morgan fingerprint density at radius 3 is 1.38 bits per heavy atom. The number of aryl methyl sites for hydroxylation is 2. The minimum absolute atomic E-state index is 0.184. The van der Waals surface area contributed by atoms with E-state index in [1.54, 1.807) is 12.0 Å². The molecule has 21 rings (SSSR count). The molecule has 18 unspecified atom stereocenters. The second kappa shape index (κ2) is 27.9. The topological polar surface area (TPSA) is 133 Å². The molecule has 10 saturated carbocycles. The number of aromatic nitrogens is 2. The number of nitrogens with one attached hydrogen (secondary N) is 1. The molecule has 0 bridgehead atoms. The van der Waals surface area contributed by atoms with Crippen molar-refractivity contribution in [1.29, 1.82) is 0 Å². The summed E-state index contributed by atoms with van der Waals surface area (Å²) in [7, 11) is -2.68. The van der Waals surface area contributed by atoms with Crippen LogP contribution in [0, 0.1) is 128 Å². The molecular formula is C86H136N3O9P. The van der Waals surface area contributed by atoms with Crippen LogP contribution in [-0.4, -0.2) is 100 Å². The standard InChI is InChI=1S/C13H16O.C12H15N.C11H15NO.2C9H16O.C8H15NO.C8H15O3P.C8H14O.C8H14/c1-9-10(2)13(9)7-8-14-12-6-4-3-5-11(12)13;1-8-9(2)12(8)6-5-11-10(12)4-3-7-13-11;1-7-8(2)11(7)5-3-4-9-10(11)12-6-13-9;1-7-8(2)9(7)3-5-10-6-4-9;1-7-8(2)9(7)5-3-4-6-10-9;1-6-7(2)8(6)5-9-3-4-10-8;1-6-7(2)8(6)4-10-12(3,9)11-5-8;1-6-7(2)8(6)3-4-9-5-8;1-6-7(2)8(6)4-3-5-8/h3-6,9-10H,7-8H2,1-2H3;3-4,7-9H,5-6H2,1-2H3;6-8H,3-5H2,1-2H3;2*7-8H,3-6H2,1-2H3;6-7,9H,3-5H2,1-2H3;6-7H,4-5H2,1-3H3;6-7H,3-5H2,1-2H3;6-7H,3-5H2,1-2H3. The van der Waals surface area contributed by atoms with Crippen molar-refractivity contribution in [1.82, 2.24) is 15.3 Å². The van der Waals surface area contributed by atoms with Crippen LogP contribution in [0.15, 0.2) is 53.4 Å². The fourth-order valence-electron chi connectivity index (χ4n) is 23.6. The van der Waals surface area contributed by atoms with E-state index < -0.39 is 7.60 Å². The molecule has 12 aliphatic carbocycles. The summed E-state index contributed by atoms with van der Waals surface area (Å²) < 4.78 is 55.1. The van der Waals surface area contributed by atoms with Gasteiger partial charge in [0, 0.05) is 97.1 Å². The largest absolute Gasteiger partial charge is 0.493 e. The van der Waals surface area contributed by atoms with E-state index >= 15 is 0 Å². The SMILES string of the molecule is CC1C(C)C12CCC2.CC1C(C)C12CCCCO2.CC1C(C)C12CCCc1ocnc12.CC1C(C)C12CCOC2.CC1C(C)C12CCOCC2.CC1C(C)C12CCOc1ccccc12.CC1C(C)C12CCc1ncccc12.CC1C(C)C12CNCCO2.CC1C(C)C12COP(C)(=O)OC2. The number of hydrogen-bond donors (Lipinski definition) is 1. The van der Waals surface area contributed by atoms with Gasteiger partial charge in [-0.2, -0.15) is 0 Å². The first kappa shape index (κ1) is 74.6. The normalized spacial score (nSPS) is 47.8. The average molecular weight is 1390 g/mol. The molecule has 1 aromatic carbocycles. The van der Waals surface area contributed by atoms with Gasteiger partial charge in [0.05, 0.1) is 49.9 Å². The molecule has 12 nitrogen and oxygen atoms in total. The van der Waals surface area contributed by atoms with Crippen molar-refractivity contribution in [2.24, 2.45) is 128 Å². The number of morpholine rings is 1. The summed E-state index contributed by atoms with van der Waals surface area (Å²) in [5.41, 5.74) is 10.0. The zero-order valence-electron chi connectivity index (χ0n) is 65.4. The number of hydrogen-bond acceptors (Lipinski definition) is 12. The minimum Gasteiger partial charge on any atom is -0.493 e. The van der Waals surface area contributed by atoms with Crippen LogP contribution in [0.4, 0.5) is 0 Å². The monoisotopic (exact) mass is 1390 g/mol. The third-order valence-corrected chi connectivity index (χ3v) is 35.9. The van der Waals surface area contributed by atoms with Crippen LogP contribution in [0.2, 0.25) is 0 Å². The lowest BCUT2D eigenvalue weighted by atomic mass is 9.79. The maximum Gasteiger partial charge on any atom is 0.327 e. The predicted octanol–water partition coefficient (Wildman–Crippen LogP) is 19.2. The van der Waals surface area contributed by atoms with Crippen LogP contribution in [0.5, 0.6) is 5.75 Å². The highest BCUT2D eigenvalue weighted by molar-refractivity contribution is 7.53. The number of pyridine rings is 1. The Bertz CT molecular complexity index is 3120. The van der Waals surface area contributed by atoms with Crippen molar-refractivity contribution >= 4 is 7.60 Å². The summed E-state index contributed by atoms with van der Waals surface area (Å²) in [5, 5.41) is 3.37. The molecule has 3 aromatic rings. The lowest BCUT2D eigenvalue weighted by Gasteiger charge is -2.27. The Labute approximate surface area is 600 Å². The summed E-state index contributed by atoms with van der Waals surface area (Å²) >= 11 is 0. The molecule has 8 heterocycles. The number of oxazole rings is 1. The Balaban J connectivity index is 0.000000100. The highest BCUT2D eigenvalue weighted by Crippen LogP contribution is 2.71. The van der Waals surface area contributed by atoms with Crippen LogP contribution < -0.4 is 10.1 Å². The zero-order valence-corrected chi connectivity index (χ0v) is 66.3. The molecule has 6 aliphatic heterocycles. The zero-order chi connectivity index (χ0) is 70.7. The second-order valence-corrected chi connectivity index (χ2v) is 38.7. The Hall–Kier alpha value is -2.67. The van der Waals surface area contributed by atoms with E-state index in [4.69, 9.17) is 37.1 Å². The summed E-state index contributed by atoms with van der Waals surface area (Å²) in [6.07, 6.45) is 23.5. The van der Waals surface area contributed by atoms with E-state index in [0.717, 1.165) is 183 Å². The van der Waals surface area contributed by atoms with Gasteiger partial charge in [-0.05, 0) is 219 Å². The number of fused-ring (bicyclic) bond motifs is 6. The molecule has 1 N–H and O–H groups in total. The molecule has 0 amide bonds. The lowest BCUT2D eigenvalue weighted by Crippen LogP contribution is -2.42. The van der Waals surface area contributed by atoms with Crippen LogP contribution in [0.3, 0.4) is 0 Å². The van der Waals surface area contributed by atoms with E-state index in [2.05, 4.69) is 176 Å². The molecule has 13 heteroatoms. The first-order valence-electron chi connectivity index (χ1n) is 40.7. The highest BCUT2D eigenvalue weighted by Gasteiger charge is 2.67. The number of rotatable bonds is 0. The number of nitrogens with zero attached hydrogens (tertiary/aromatic N) is 2. The number of para-hydroxylation sites is 1. The third-order valence-electron chi connectivity index (χ3n) is 34.7. The Kier molecular flexibility index (Phi) is 21.0. The van der Waals surface area contributed by atoms with Gasteiger partial charge in [0.15, 0.2) is 6.39 Å². The molecule has 2 aromatic heterocycles. The van der Waals surface area contributed by atoms with Crippen molar-refractivity contribution in [3.8, 4) is 5.75 Å². The van der Waals surface area contributed by atoms with Gasteiger partial charge in [0.25, 0.3) is 0 Å². The molecule has 554 valence electrons. The van der Waals surface area contributed by atoms with Gasteiger partial charge in [-0.15, -0.1) is 0 Å². The van der Waals surface area contributed by atoms with Gasteiger partial charge < -0.3 is 42.5 Å². The van der Waals surface area contributed by atoms with E-state index in [9.17, 15) is 4.57 Å². The maximum absolute atomic E-state index is 11.3. The van der Waals surface area contributed by atoms with E-state index in [0.29, 0.717) is 52.3 Å². The van der Waals surface area contributed by atoms with E-state index in [-0.39, 0.29) is 11.0 Å². The van der Waals surface area contributed by atoms with E-state index in [1.165, 1.54) is 114 Å². The van der Waals surface area contributed by atoms with Crippen molar-refractivity contribution in [2.45, 2.75) is 248 Å². The molecule has 0 radical (unpaired) electrons. The number of ether oxygens (including phenoxy) is 5. The molecule has 9 spiro atoms. The van der Waals surface area contributed by atoms with Gasteiger partial charge in [0.2, 0.25) is 0 Å². The second-order valence-electron chi connectivity index (χ2n) is 36.6. The van der Waals surface area contributed by atoms with Crippen molar-refractivity contribution in [3.63, 3.8) is 0 Å². The molecule has 18 atom stereocenters. The van der Waals surface area contributed by atoms with Gasteiger partial charge in [-0.3, -0.25) is 9.55 Å². The molecule has 15 fully saturated rings. The van der Waals surface area contributed by atoms with Gasteiger partial charge in [-0.25, -0.2) is 4.98 Å². The fraction of sp³-hybridized carbons (Fsp3) is 0.837. The Morgan fingerprint density at radius 1 is 0.424 bits per heavy atom. The third kappa shape index (κ3) is 12.8. The van der Waals surface area contributed by atoms with E-state index in [1.807, 2.05) is 6.20 Å². The average Bonchev–Trinajstić information content (AvgIpc) is 1.52. The first-order chi connectivity index (χ1) is 47.1.